The minimum Gasteiger partial charge on any atom is -0.479 e. The molecule has 1 fully saturated rings. The van der Waals surface area contributed by atoms with Crippen LogP contribution in [0.15, 0.2) is 65.2 Å². The van der Waals surface area contributed by atoms with Gasteiger partial charge in [-0.15, -0.1) is 0 Å². The van der Waals surface area contributed by atoms with E-state index in [9.17, 15) is 9.59 Å². The SMILES string of the molecule is COc1cc(CCC(=O)N2CCN(C)C(=O)[C@@H](Cc3ccccc3-c3ccccc3)C2)on1. The van der Waals surface area contributed by atoms with Crippen LogP contribution in [0.2, 0.25) is 0 Å². The second kappa shape index (κ2) is 10.3. The van der Waals surface area contributed by atoms with Crippen molar-refractivity contribution < 1.29 is 18.8 Å². The maximum atomic E-state index is 13.1. The zero-order chi connectivity index (χ0) is 23.2. The molecule has 0 radical (unpaired) electrons. The van der Waals surface area contributed by atoms with Crippen LogP contribution in [-0.2, 0) is 22.4 Å². The summed E-state index contributed by atoms with van der Waals surface area (Å²) >= 11 is 0. The number of hydrogen-bond acceptors (Lipinski definition) is 5. The first kappa shape index (κ1) is 22.6. The molecule has 2 aromatic carbocycles. The Morgan fingerprint density at radius 2 is 1.88 bits per heavy atom. The number of ether oxygens (including phenoxy) is 1. The van der Waals surface area contributed by atoms with Gasteiger partial charge in [-0.1, -0.05) is 54.6 Å². The quantitative estimate of drug-likeness (QED) is 0.555. The molecule has 33 heavy (non-hydrogen) atoms. The molecule has 1 aliphatic heterocycles. The smallest absolute Gasteiger partial charge is 0.254 e. The Bertz CT molecular complexity index is 1100. The number of hydrogen-bond donors (Lipinski definition) is 0. The van der Waals surface area contributed by atoms with Crippen LogP contribution in [0.5, 0.6) is 5.88 Å². The van der Waals surface area contributed by atoms with E-state index in [0.29, 0.717) is 50.5 Å². The van der Waals surface area contributed by atoms with E-state index in [4.69, 9.17) is 9.26 Å². The predicted molar refractivity (Wildman–Crippen MR) is 125 cm³/mol. The third-order valence-corrected chi connectivity index (χ3v) is 6.12. The van der Waals surface area contributed by atoms with Gasteiger partial charge in [0.05, 0.1) is 13.0 Å². The average Bonchev–Trinajstić information content (AvgIpc) is 3.27. The van der Waals surface area contributed by atoms with Crippen molar-refractivity contribution in [2.75, 3.05) is 33.8 Å². The molecule has 1 aromatic heterocycles. The monoisotopic (exact) mass is 447 g/mol. The van der Waals surface area contributed by atoms with Gasteiger partial charge >= 0.3 is 0 Å². The Kier molecular flexibility index (Phi) is 7.07. The molecule has 1 atom stereocenters. The van der Waals surface area contributed by atoms with E-state index in [0.717, 1.165) is 16.7 Å². The van der Waals surface area contributed by atoms with E-state index < -0.39 is 0 Å². The summed E-state index contributed by atoms with van der Waals surface area (Å²) in [7, 11) is 3.33. The Morgan fingerprint density at radius 1 is 1.12 bits per heavy atom. The molecule has 7 nitrogen and oxygen atoms in total. The molecule has 2 amide bonds. The third kappa shape index (κ3) is 5.42. The Labute approximate surface area is 193 Å². The predicted octanol–water partition coefficient (Wildman–Crippen LogP) is 3.44. The van der Waals surface area contributed by atoms with E-state index in [1.165, 1.54) is 7.11 Å². The fraction of sp³-hybridized carbons (Fsp3) is 0.346. The first-order valence-corrected chi connectivity index (χ1v) is 11.2. The van der Waals surface area contributed by atoms with E-state index in [2.05, 4.69) is 29.4 Å². The van der Waals surface area contributed by atoms with Crippen LogP contribution in [0.1, 0.15) is 17.7 Å². The lowest BCUT2D eigenvalue weighted by Gasteiger charge is -2.24. The van der Waals surface area contributed by atoms with Crippen molar-refractivity contribution in [1.82, 2.24) is 15.0 Å². The molecule has 172 valence electrons. The van der Waals surface area contributed by atoms with Gasteiger partial charge in [0, 0.05) is 45.6 Å². The fourth-order valence-corrected chi connectivity index (χ4v) is 4.27. The van der Waals surface area contributed by atoms with E-state index in [1.807, 2.05) is 42.3 Å². The summed E-state index contributed by atoms with van der Waals surface area (Å²) in [6.07, 6.45) is 1.32. The van der Waals surface area contributed by atoms with Crippen molar-refractivity contribution in [2.45, 2.75) is 19.3 Å². The maximum absolute atomic E-state index is 13.1. The zero-order valence-electron chi connectivity index (χ0n) is 19.1. The molecule has 0 unspecified atom stereocenters. The lowest BCUT2D eigenvalue weighted by molar-refractivity contribution is -0.134. The minimum atomic E-state index is -0.295. The highest BCUT2D eigenvalue weighted by Crippen LogP contribution is 2.27. The largest absolute Gasteiger partial charge is 0.479 e. The molecule has 0 aliphatic carbocycles. The number of likely N-dealkylation sites (N-methyl/N-ethyl adjacent to an activating group) is 1. The Hall–Kier alpha value is -3.61. The van der Waals surface area contributed by atoms with Gasteiger partial charge in [0.15, 0.2) is 0 Å². The van der Waals surface area contributed by atoms with Crippen molar-refractivity contribution in [1.29, 1.82) is 0 Å². The molecular weight excluding hydrogens is 418 g/mol. The van der Waals surface area contributed by atoms with Gasteiger partial charge < -0.3 is 19.1 Å². The number of benzene rings is 2. The number of nitrogens with zero attached hydrogens (tertiary/aromatic N) is 3. The van der Waals surface area contributed by atoms with Crippen LogP contribution in [0.25, 0.3) is 11.1 Å². The maximum Gasteiger partial charge on any atom is 0.254 e. The molecule has 0 N–H and O–H groups in total. The van der Waals surface area contributed by atoms with Crippen molar-refractivity contribution in [3.05, 3.63) is 72.0 Å². The summed E-state index contributed by atoms with van der Waals surface area (Å²) in [5, 5.41) is 3.78. The summed E-state index contributed by atoms with van der Waals surface area (Å²) in [5.74, 6) is 0.799. The average molecular weight is 448 g/mol. The lowest BCUT2D eigenvalue weighted by Crippen LogP contribution is -2.37. The molecule has 7 heteroatoms. The van der Waals surface area contributed by atoms with Crippen LogP contribution >= 0.6 is 0 Å². The van der Waals surface area contributed by atoms with Crippen molar-refractivity contribution >= 4 is 11.8 Å². The number of rotatable bonds is 7. The summed E-state index contributed by atoms with van der Waals surface area (Å²) in [5.41, 5.74) is 3.35. The third-order valence-electron chi connectivity index (χ3n) is 6.12. The van der Waals surface area contributed by atoms with Gasteiger partial charge in [0.25, 0.3) is 5.88 Å². The second-order valence-corrected chi connectivity index (χ2v) is 8.36. The van der Waals surface area contributed by atoms with E-state index >= 15 is 0 Å². The van der Waals surface area contributed by atoms with E-state index in [-0.39, 0.29) is 17.7 Å². The van der Waals surface area contributed by atoms with Crippen LogP contribution in [-0.4, -0.2) is 60.6 Å². The molecular formula is C26H29N3O4. The molecule has 0 spiro atoms. The highest BCUT2D eigenvalue weighted by molar-refractivity contribution is 5.82. The van der Waals surface area contributed by atoms with Crippen LogP contribution in [0, 0.1) is 5.92 Å². The van der Waals surface area contributed by atoms with Gasteiger partial charge in [-0.25, -0.2) is 0 Å². The number of methoxy groups -OCH3 is 1. The molecule has 1 saturated heterocycles. The number of aromatic nitrogens is 1. The topological polar surface area (TPSA) is 75.9 Å². The van der Waals surface area contributed by atoms with Gasteiger partial charge in [-0.2, -0.15) is 0 Å². The number of carbonyl (C=O) groups excluding carboxylic acids is 2. The highest BCUT2D eigenvalue weighted by Gasteiger charge is 2.31. The molecule has 4 rings (SSSR count). The number of carbonyl (C=O) groups is 2. The van der Waals surface area contributed by atoms with E-state index in [1.54, 1.807) is 11.0 Å². The first-order chi connectivity index (χ1) is 16.0. The number of aryl methyl sites for hydroxylation is 1. The number of amides is 2. The summed E-state index contributed by atoms with van der Waals surface area (Å²) in [6.45, 7) is 1.46. The first-order valence-electron chi connectivity index (χ1n) is 11.2. The summed E-state index contributed by atoms with van der Waals surface area (Å²) in [6, 6.07) is 20.0. The standard InChI is InChI=1S/C26H29N3O4/c1-28-14-15-29(25(30)13-12-22-17-24(32-2)27-33-22)18-21(26(28)31)16-20-10-6-7-11-23(20)19-8-4-3-5-9-19/h3-11,17,21H,12-16,18H2,1-2H3/t21-/m0/s1. The van der Waals surface area contributed by atoms with Gasteiger partial charge in [-0.3, -0.25) is 9.59 Å². The molecule has 0 saturated carbocycles. The van der Waals surface area contributed by atoms with Crippen molar-refractivity contribution in [3.63, 3.8) is 0 Å². The van der Waals surface area contributed by atoms with Crippen LogP contribution in [0.3, 0.4) is 0 Å². The second-order valence-electron chi connectivity index (χ2n) is 8.36. The lowest BCUT2D eigenvalue weighted by atomic mass is 9.91. The van der Waals surface area contributed by atoms with Gasteiger partial charge in [0.1, 0.15) is 5.76 Å². The summed E-state index contributed by atoms with van der Waals surface area (Å²) < 4.78 is 10.2. The van der Waals surface area contributed by atoms with Crippen molar-refractivity contribution in [2.24, 2.45) is 5.92 Å². The Morgan fingerprint density at radius 3 is 2.64 bits per heavy atom. The van der Waals surface area contributed by atoms with Gasteiger partial charge in [0.2, 0.25) is 11.8 Å². The van der Waals surface area contributed by atoms with Crippen LogP contribution < -0.4 is 4.74 Å². The van der Waals surface area contributed by atoms with Crippen LogP contribution in [0.4, 0.5) is 0 Å². The Balaban J connectivity index is 1.48. The molecule has 1 aliphatic rings. The fourth-order valence-electron chi connectivity index (χ4n) is 4.27. The molecule has 0 bridgehead atoms. The minimum absolute atomic E-state index is 0.00908. The normalized spacial score (nSPS) is 16.5. The molecule has 3 aromatic rings. The highest BCUT2D eigenvalue weighted by atomic mass is 16.5. The van der Waals surface area contributed by atoms with Crippen molar-refractivity contribution in [3.8, 4) is 17.0 Å². The summed E-state index contributed by atoms with van der Waals surface area (Å²) in [4.78, 5) is 29.7. The van der Waals surface area contributed by atoms with Gasteiger partial charge in [-0.05, 0) is 28.3 Å². The molecule has 2 heterocycles. The zero-order valence-corrected chi connectivity index (χ0v) is 19.1.